The van der Waals surface area contributed by atoms with E-state index in [0.717, 1.165) is 0 Å². The first-order valence-corrected chi connectivity index (χ1v) is 9.22. The number of rotatable bonds is 10. The van der Waals surface area contributed by atoms with E-state index in [1.165, 1.54) is 6.26 Å². The largest absolute Gasteiger partial charge is 0.467 e. The van der Waals surface area contributed by atoms with E-state index in [1.807, 2.05) is 13.8 Å². The molecule has 3 amide bonds. The van der Waals surface area contributed by atoms with Gasteiger partial charge in [-0.05, 0) is 37.7 Å². The minimum Gasteiger partial charge on any atom is -0.467 e. The van der Waals surface area contributed by atoms with Crippen molar-refractivity contribution >= 4 is 23.4 Å². The standard InChI is InChI=1S/C20H26N4O4/c1-3-21-18(25)13-24(4-2)14-19(26)23-17-10-6-5-9-16(17)20(27)22-12-15-8-7-11-28-15/h5-11H,3-4,12-14H2,1-2H3,(H,21,25)(H,22,27)(H,23,26). The zero-order valence-corrected chi connectivity index (χ0v) is 16.2. The summed E-state index contributed by atoms with van der Waals surface area (Å²) in [5.41, 5.74) is 0.771. The van der Waals surface area contributed by atoms with Crippen molar-refractivity contribution in [3.05, 3.63) is 54.0 Å². The maximum Gasteiger partial charge on any atom is 0.253 e. The molecule has 0 aliphatic heterocycles. The molecule has 2 aromatic rings. The fourth-order valence-electron chi connectivity index (χ4n) is 2.59. The third-order valence-electron chi connectivity index (χ3n) is 4.00. The second kappa shape index (κ2) is 10.9. The molecule has 8 nitrogen and oxygen atoms in total. The Morgan fingerprint density at radius 1 is 0.964 bits per heavy atom. The number of likely N-dealkylation sites (N-methyl/N-ethyl adjacent to an activating group) is 2. The number of carbonyl (C=O) groups is 3. The molecule has 8 heteroatoms. The fraction of sp³-hybridized carbons (Fsp3) is 0.350. The monoisotopic (exact) mass is 386 g/mol. The average molecular weight is 386 g/mol. The van der Waals surface area contributed by atoms with Crippen LogP contribution in [-0.2, 0) is 16.1 Å². The second-order valence-electron chi connectivity index (χ2n) is 6.11. The molecule has 1 aromatic carbocycles. The van der Waals surface area contributed by atoms with E-state index in [0.29, 0.717) is 30.1 Å². The molecule has 0 aliphatic rings. The van der Waals surface area contributed by atoms with Crippen LogP contribution in [0.5, 0.6) is 0 Å². The summed E-state index contributed by atoms with van der Waals surface area (Å²) in [6.07, 6.45) is 1.54. The van der Waals surface area contributed by atoms with Crippen LogP contribution in [0.1, 0.15) is 30.0 Å². The topological polar surface area (TPSA) is 104 Å². The van der Waals surface area contributed by atoms with Gasteiger partial charge >= 0.3 is 0 Å². The van der Waals surface area contributed by atoms with Gasteiger partial charge in [-0.2, -0.15) is 0 Å². The number of carbonyl (C=O) groups excluding carboxylic acids is 3. The maximum absolute atomic E-state index is 12.5. The van der Waals surface area contributed by atoms with E-state index >= 15 is 0 Å². The Morgan fingerprint density at radius 3 is 2.39 bits per heavy atom. The lowest BCUT2D eigenvalue weighted by molar-refractivity contribution is -0.123. The minimum atomic E-state index is -0.318. The van der Waals surface area contributed by atoms with Gasteiger partial charge in [0.15, 0.2) is 0 Å². The lowest BCUT2D eigenvalue weighted by Gasteiger charge is -2.19. The Hall–Kier alpha value is -3.13. The highest BCUT2D eigenvalue weighted by Gasteiger charge is 2.16. The predicted molar refractivity (Wildman–Crippen MR) is 106 cm³/mol. The zero-order valence-electron chi connectivity index (χ0n) is 16.2. The van der Waals surface area contributed by atoms with E-state index in [4.69, 9.17) is 4.42 Å². The number of benzene rings is 1. The summed E-state index contributed by atoms with van der Waals surface area (Å²) in [6, 6.07) is 10.3. The van der Waals surface area contributed by atoms with Gasteiger partial charge in [-0.3, -0.25) is 19.3 Å². The molecule has 0 atom stereocenters. The number of nitrogens with one attached hydrogen (secondary N) is 3. The van der Waals surface area contributed by atoms with E-state index in [-0.39, 0.29) is 37.4 Å². The molecule has 0 unspecified atom stereocenters. The quantitative estimate of drug-likeness (QED) is 0.576. The van der Waals surface area contributed by atoms with Gasteiger partial charge in [0.05, 0.1) is 37.1 Å². The third-order valence-corrected chi connectivity index (χ3v) is 4.00. The zero-order chi connectivity index (χ0) is 20.4. The van der Waals surface area contributed by atoms with Crippen molar-refractivity contribution in [1.29, 1.82) is 0 Å². The fourth-order valence-corrected chi connectivity index (χ4v) is 2.59. The van der Waals surface area contributed by atoms with E-state index in [9.17, 15) is 14.4 Å². The number of nitrogens with zero attached hydrogens (tertiary/aromatic N) is 1. The van der Waals surface area contributed by atoms with Gasteiger partial charge in [0.2, 0.25) is 11.8 Å². The molecule has 0 radical (unpaired) electrons. The molecule has 0 saturated heterocycles. The summed E-state index contributed by atoms with van der Waals surface area (Å²) in [5, 5.41) is 8.23. The Kier molecular flexibility index (Phi) is 8.23. The Bertz CT molecular complexity index is 789. The molecule has 3 N–H and O–H groups in total. The lowest BCUT2D eigenvalue weighted by atomic mass is 10.1. The third kappa shape index (κ3) is 6.55. The molecular formula is C20H26N4O4. The summed E-state index contributed by atoms with van der Waals surface area (Å²) in [5.74, 6) is -0.104. The molecule has 1 aromatic heterocycles. The normalized spacial score (nSPS) is 10.5. The summed E-state index contributed by atoms with van der Waals surface area (Å²) in [4.78, 5) is 38.3. The highest BCUT2D eigenvalue weighted by molar-refractivity contribution is 6.04. The number of amides is 3. The van der Waals surface area contributed by atoms with Crippen LogP contribution < -0.4 is 16.0 Å². The van der Waals surface area contributed by atoms with E-state index in [1.54, 1.807) is 41.3 Å². The molecule has 0 spiro atoms. The van der Waals surface area contributed by atoms with Crippen LogP contribution in [0.2, 0.25) is 0 Å². The molecule has 0 saturated carbocycles. The highest BCUT2D eigenvalue weighted by atomic mass is 16.3. The van der Waals surface area contributed by atoms with Gasteiger partial charge < -0.3 is 20.4 Å². The molecule has 2 rings (SSSR count). The van der Waals surface area contributed by atoms with Crippen LogP contribution >= 0.6 is 0 Å². The van der Waals surface area contributed by atoms with Gasteiger partial charge in [0.1, 0.15) is 5.76 Å². The van der Waals surface area contributed by atoms with Crippen LogP contribution in [0.4, 0.5) is 5.69 Å². The predicted octanol–water partition coefficient (Wildman–Crippen LogP) is 1.61. The summed E-state index contributed by atoms with van der Waals surface area (Å²) in [6.45, 7) is 5.26. The Balaban J connectivity index is 1.96. The number of para-hydroxylation sites is 1. The average Bonchev–Trinajstić information content (AvgIpc) is 3.19. The van der Waals surface area contributed by atoms with Crippen LogP contribution in [0.25, 0.3) is 0 Å². The first-order chi connectivity index (χ1) is 13.5. The van der Waals surface area contributed by atoms with Gasteiger partial charge in [0, 0.05) is 6.54 Å². The molecule has 1 heterocycles. The number of hydrogen-bond acceptors (Lipinski definition) is 5. The lowest BCUT2D eigenvalue weighted by Crippen LogP contribution is -2.41. The SMILES string of the molecule is CCNC(=O)CN(CC)CC(=O)Nc1ccccc1C(=O)NCc1ccco1. The number of hydrogen-bond donors (Lipinski definition) is 3. The minimum absolute atomic E-state index is 0.0516. The van der Waals surface area contributed by atoms with Crippen molar-refractivity contribution in [2.24, 2.45) is 0 Å². The first kappa shape index (κ1) is 21.2. The Morgan fingerprint density at radius 2 is 1.71 bits per heavy atom. The van der Waals surface area contributed by atoms with Crippen molar-refractivity contribution in [2.45, 2.75) is 20.4 Å². The van der Waals surface area contributed by atoms with Gasteiger partial charge in [0.25, 0.3) is 5.91 Å². The molecule has 0 aliphatic carbocycles. The van der Waals surface area contributed by atoms with E-state index < -0.39 is 0 Å². The summed E-state index contributed by atoms with van der Waals surface area (Å²) >= 11 is 0. The number of furan rings is 1. The van der Waals surface area contributed by atoms with Gasteiger partial charge in [-0.15, -0.1) is 0 Å². The van der Waals surface area contributed by atoms with Crippen molar-refractivity contribution in [1.82, 2.24) is 15.5 Å². The van der Waals surface area contributed by atoms with Crippen LogP contribution in [0.3, 0.4) is 0 Å². The smallest absolute Gasteiger partial charge is 0.253 e. The molecular weight excluding hydrogens is 360 g/mol. The van der Waals surface area contributed by atoms with Crippen LogP contribution in [0.15, 0.2) is 47.1 Å². The van der Waals surface area contributed by atoms with E-state index in [2.05, 4.69) is 16.0 Å². The van der Waals surface area contributed by atoms with Crippen LogP contribution in [-0.4, -0.2) is 48.8 Å². The molecule has 28 heavy (non-hydrogen) atoms. The van der Waals surface area contributed by atoms with Gasteiger partial charge in [-0.25, -0.2) is 0 Å². The van der Waals surface area contributed by atoms with Crippen molar-refractivity contribution in [3.8, 4) is 0 Å². The molecule has 0 bridgehead atoms. The Labute approximate surface area is 164 Å². The molecule has 150 valence electrons. The van der Waals surface area contributed by atoms with Crippen molar-refractivity contribution < 1.29 is 18.8 Å². The maximum atomic E-state index is 12.5. The van der Waals surface area contributed by atoms with Crippen LogP contribution in [0, 0.1) is 0 Å². The second-order valence-corrected chi connectivity index (χ2v) is 6.11. The summed E-state index contributed by atoms with van der Waals surface area (Å²) in [7, 11) is 0. The summed E-state index contributed by atoms with van der Waals surface area (Å²) < 4.78 is 5.20. The van der Waals surface area contributed by atoms with Gasteiger partial charge in [-0.1, -0.05) is 19.1 Å². The van der Waals surface area contributed by atoms with Crippen molar-refractivity contribution in [3.63, 3.8) is 0 Å². The van der Waals surface area contributed by atoms with Crippen molar-refractivity contribution in [2.75, 3.05) is 31.5 Å². The first-order valence-electron chi connectivity index (χ1n) is 9.22. The highest BCUT2D eigenvalue weighted by Crippen LogP contribution is 2.15. The number of anilines is 1. The molecule has 0 fully saturated rings.